The predicted octanol–water partition coefficient (Wildman–Crippen LogP) is 4.57. The normalized spacial score (nSPS) is 11.5. The third kappa shape index (κ3) is 6.54. The highest BCUT2D eigenvalue weighted by molar-refractivity contribution is 7.89. The number of amides is 1. The summed E-state index contributed by atoms with van der Waals surface area (Å²) in [4.78, 5) is 20.9. The number of carbonyl (C=O) groups excluding carboxylic acids is 1. The Morgan fingerprint density at radius 2 is 1.67 bits per heavy atom. The molecule has 0 spiro atoms. The molecule has 3 aromatic rings. The predicted molar refractivity (Wildman–Crippen MR) is 143 cm³/mol. The van der Waals surface area contributed by atoms with E-state index in [1.807, 2.05) is 19.0 Å². The maximum absolute atomic E-state index is 14.2. The van der Waals surface area contributed by atoms with Crippen molar-refractivity contribution in [1.82, 2.24) is 14.2 Å². The van der Waals surface area contributed by atoms with E-state index in [9.17, 15) is 22.0 Å². The number of likely N-dealkylation sites (N-methyl/N-ethyl adjacent to an activating group) is 1. The van der Waals surface area contributed by atoms with E-state index in [0.29, 0.717) is 6.54 Å². The topological polar surface area (TPSA) is 73.8 Å². The first-order chi connectivity index (χ1) is 16.6. The van der Waals surface area contributed by atoms with Gasteiger partial charge in [0.1, 0.15) is 11.3 Å². The van der Waals surface area contributed by atoms with Crippen LogP contribution in [0.1, 0.15) is 10.4 Å². The van der Waals surface area contributed by atoms with Gasteiger partial charge in [-0.1, -0.05) is 23.5 Å². The number of fused-ring (bicyclic) bond motifs is 1. The average Bonchev–Trinajstić information content (AvgIpc) is 3.23. The van der Waals surface area contributed by atoms with Gasteiger partial charge in [-0.25, -0.2) is 22.2 Å². The summed E-state index contributed by atoms with van der Waals surface area (Å²) in [6.07, 6.45) is 2.96. The molecule has 0 aliphatic carbocycles. The summed E-state index contributed by atoms with van der Waals surface area (Å²) in [5.41, 5.74) is 0.215. The maximum atomic E-state index is 14.2. The van der Waals surface area contributed by atoms with E-state index >= 15 is 0 Å². The molecule has 0 radical (unpaired) electrons. The molecule has 0 saturated carbocycles. The number of thiazole rings is 1. The smallest absolute Gasteiger partial charge is 0.260 e. The van der Waals surface area contributed by atoms with Crippen molar-refractivity contribution in [1.29, 1.82) is 0 Å². The van der Waals surface area contributed by atoms with E-state index in [0.717, 1.165) is 17.4 Å². The Labute approximate surface area is 219 Å². The number of hydrogen-bond acceptors (Lipinski definition) is 6. The first-order valence-electron chi connectivity index (χ1n) is 10.6. The summed E-state index contributed by atoms with van der Waals surface area (Å²) >= 11 is 1.00. The molecule has 1 aromatic heterocycles. The zero-order valence-electron chi connectivity index (χ0n) is 19.9. The Morgan fingerprint density at radius 3 is 2.22 bits per heavy atom. The van der Waals surface area contributed by atoms with Crippen LogP contribution in [0.15, 0.2) is 66.6 Å². The van der Waals surface area contributed by atoms with Crippen LogP contribution in [0.5, 0.6) is 0 Å². The lowest BCUT2D eigenvalue weighted by Crippen LogP contribution is -2.36. The number of halogens is 3. The number of carbonyl (C=O) groups is 1. The fourth-order valence-electron chi connectivity index (χ4n) is 3.28. The van der Waals surface area contributed by atoms with E-state index in [1.165, 1.54) is 51.7 Å². The molecule has 0 N–H and O–H groups in total. The highest BCUT2D eigenvalue weighted by Crippen LogP contribution is 2.32. The lowest BCUT2D eigenvalue weighted by molar-refractivity contribution is 0.0985. The Bertz CT molecular complexity index is 1340. The van der Waals surface area contributed by atoms with Crippen LogP contribution < -0.4 is 4.90 Å². The second-order valence-corrected chi connectivity index (χ2v) is 10.9. The minimum Gasteiger partial charge on any atom is -0.308 e. The Hall–Kier alpha value is -2.70. The van der Waals surface area contributed by atoms with Crippen LogP contribution in [0, 0.1) is 11.6 Å². The Kier molecular flexibility index (Phi) is 10.3. The van der Waals surface area contributed by atoms with Crippen molar-refractivity contribution in [3.05, 3.63) is 78.9 Å². The number of rotatable bonds is 11. The largest absolute Gasteiger partial charge is 0.308 e. The zero-order chi connectivity index (χ0) is 25.8. The van der Waals surface area contributed by atoms with Gasteiger partial charge >= 0.3 is 0 Å². The van der Waals surface area contributed by atoms with Crippen molar-refractivity contribution in [2.45, 2.75) is 4.90 Å². The first-order valence-corrected chi connectivity index (χ1v) is 12.9. The monoisotopic (exact) mass is 556 g/mol. The fourth-order valence-corrected chi connectivity index (χ4v) is 5.69. The summed E-state index contributed by atoms with van der Waals surface area (Å²) in [7, 11) is -0.134. The second kappa shape index (κ2) is 12.5. The molecule has 1 amide bonds. The number of nitrogens with zero attached hydrogens (tertiary/aromatic N) is 4. The molecule has 0 aliphatic heterocycles. The SMILES string of the molecule is C=CCN(CC=C)S(=O)(=O)c1ccc(C(=O)N(CCN(C)C)c2nc3c(F)cc(F)cc3s2)cc1.Cl. The highest BCUT2D eigenvalue weighted by Gasteiger charge is 2.25. The quantitative estimate of drug-likeness (QED) is 0.324. The van der Waals surface area contributed by atoms with E-state index < -0.39 is 27.6 Å². The average molecular weight is 557 g/mol. The van der Waals surface area contributed by atoms with Crippen molar-refractivity contribution >= 4 is 55.0 Å². The lowest BCUT2D eigenvalue weighted by Gasteiger charge is -2.22. The molecule has 36 heavy (non-hydrogen) atoms. The molecule has 0 aliphatic rings. The van der Waals surface area contributed by atoms with Gasteiger partial charge in [-0.2, -0.15) is 4.31 Å². The van der Waals surface area contributed by atoms with Gasteiger partial charge in [0.15, 0.2) is 10.9 Å². The molecule has 12 heteroatoms. The minimum absolute atomic E-state index is 0. The lowest BCUT2D eigenvalue weighted by atomic mass is 10.2. The molecule has 2 aromatic carbocycles. The zero-order valence-corrected chi connectivity index (χ0v) is 22.3. The van der Waals surface area contributed by atoms with Gasteiger partial charge in [-0.15, -0.1) is 25.6 Å². The van der Waals surface area contributed by atoms with Crippen LogP contribution >= 0.6 is 23.7 Å². The molecular weight excluding hydrogens is 530 g/mol. The van der Waals surface area contributed by atoms with Crippen LogP contribution in [-0.2, 0) is 10.0 Å². The Balaban J connectivity index is 0.00000456. The molecule has 0 unspecified atom stereocenters. The van der Waals surface area contributed by atoms with Gasteiger partial charge in [0, 0.05) is 37.8 Å². The van der Waals surface area contributed by atoms with Crippen molar-refractivity contribution in [2.75, 3.05) is 45.2 Å². The number of aromatic nitrogens is 1. The van der Waals surface area contributed by atoms with Gasteiger partial charge in [0.25, 0.3) is 5.91 Å². The number of benzene rings is 2. The van der Waals surface area contributed by atoms with Crippen molar-refractivity contribution < 1.29 is 22.0 Å². The van der Waals surface area contributed by atoms with Crippen molar-refractivity contribution in [3.8, 4) is 0 Å². The second-order valence-electron chi connectivity index (χ2n) is 7.91. The van der Waals surface area contributed by atoms with E-state index in [4.69, 9.17) is 0 Å². The Morgan fingerprint density at radius 1 is 1.06 bits per heavy atom. The molecule has 0 bridgehead atoms. The van der Waals surface area contributed by atoms with Gasteiger partial charge < -0.3 is 4.90 Å². The molecule has 7 nitrogen and oxygen atoms in total. The van der Waals surface area contributed by atoms with Gasteiger partial charge in [0.2, 0.25) is 10.0 Å². The molecular formula is C24H27ClF2N4O3S2. The maximum Gasteiger partial charge on any atom is 0.260 e. The summed E-state index contributed by atoms with van der Waals surface area (Å²) in [5, 5.41) is 0.219. The van der Waals surface area contributed by atoms with Crippen LogP contribution in [0.25, 0.3) is 10.2 Å². The van der Waals surface area contributed by atoms with Gasteiger partial charge in [-0.3, -0.25) is 9.69 Å². The van der Waals surface area contributed by atoms with Gasteiger partial charge in [0.05, 0.1) is 9.60 Å². The van der Waals surface area contributed by atoms with Crippen LogP contribution in [0.3, 0.4) is 0 Å². The van der Waals surface area contributed by atoms with E-state index in [1.54, 1.807) is 0 Å². The third-order valence-corrected chi connectivity index (χ3v) is 7.92. The van der Waals surface area contributed by atoms with Crippen LogP contribution in [0.2, 0.25) is 0 Å². The van der Waals surface area contributed by atoms with Crippen molar-refractivity contribution in [2.24, 2.45) is 0 Å². The number of hydrogen-bond donors (Lipinski definition) is 0. The van der Waals surface area contributed by atoms with E-state index in [2.05, 4.69) is 18.1 Å². The highest BCUT2D eigenvalue weighted by atomic mass is 35.5. The summed E-state index contributed by atoms with van der Waals surface area (Å²) in [6, 6.07) is 7.49. The van der Waals surface area contributed by atoms with Crippen molar-refractivity contribution in [3.63, 3.8) is 0 Å². The van der Waals surface area contributed by atoms with Gasteiger partial charge in [-0.05, 0) is 44.4 Å². The standard InChI is InChI=1S/C24H26F2N4O3S2.ClH/c1-5-11-29(12-6-2)35(32,33)19-9-7-17(8-10-19)23(31)30(14-13-28(3)4)24-27-22-20(26)15-18(25)16-21(22)34-24;/h5-10,15-16H,1-2,11-14H2,3-4H3;1H. The van der Waals surface area contributed by atoms with Crippen LogP contribution in [-0.4, -0.2) is 68.8 Å². The summed E-state index contributed by atoms with van der Waals surface area (Å²) in [6.45, 7) is 8.13. The molecule has 0 saturated heterocycles. The minimum atomic E-state index is -3.82. The molecule has 0 atom stereocenters. The third-order valence-electron chi connectivity index (χ3n) is 5.05. The van der Waals surface area contributed by atoms with E-state index in [-0.39, 0.29) is 57.8 Å². The fraction of sp³-hybridized carbons (Fsp3) is 0.250. The first kappa shape index (κ1) is 29.5. The van der Waals surface area contributed by atoms with Crippen LogP contribution in [0.4, 0.5) is 13.9 Å². The molecule has 1 heterocycles. The number of sulfonamides is 1. The molecule has 3 rings (SSSR count). The molecule has 0 fully saturated rings. The number of anilines is 1. The summed E-state index contributed by atoms with van der Waals surface area (Å²) in [5.74, 6) is -1.97. The molecule has 194 valence electrons. The summed E-state index contributed by atoms with van der Waals surface area (Å²) < 4.78 is 55.2.